The lowest BCUT2D eigenvalue weighted by Gasteiger charge is -2.20. The number of benzene rings is 2. The fraction of sp³-hybridized carbons (Fsp3) is 0.280. The van der Waals surface area contributed by atoms with Crippen molar-refractivity contribution in [2.45, 2.75) is 55.6 Å². The molecule has 0 fully saturated rings. The van der Waals surface area contributed by atoms with Crippen molar-refractivity contribution in [1.82, 2.24) is 9.55 Å². The number of sulfone groups is 1. The smallest absolute Gasteiger partial charge is 0.476 e. The number of carbonyl (C=O) groups is 1. The molecule has 0 aliphatic carbocycles. The van der Waals surface area contributed by atoms with Crippen molar-refractivity contribution in [2.24, 2.45) is 0 Å². The zero-order chi connectivity index (χ0) is 26.6. The molecule has 0 unspecified atom stereocenters. The van der Waals surface area contributed by atoms with Gasteiger partial charge in [0, 0.05) is 22.9 Å². The second-order valence-corrected chi connectivity index (χ2v) is 12.3. The van der Waals surface area contributed by atoms with Gasteiger partial charge in [-0.3, -0.25) is 4.57 Å². The molecule has 0 saturated heterocycles. The zero-order valence-corrected chi connectivity index (χ0v) is 21.5. The number of carboxylic acid groups (broad SMARTS) is 1. The Bertz CT molecular complexity index is 1590. The molecule has 11 heteroatoms. The van der Waals surface area contributed by atoms with E-state index in [4.69, 9.17) is 5.11 Å². The number of hydrogen-bond donors (Lipinski definition) is 1. The van der Waals surface area contributed by atoms with Gasteiger partial charge in [0.15, 0.2) is 5.69 Å². The van der Waals surface area contributed by atoms with Gasteiger partial charge < -0.3 is 5.11 Å². The Morgan fingerprint density at radius 3 is 2.36 bits per heavy atom. The van der Waals surface area contributed by atoms with Crippen molar-refractivity contribution in [1.29, 1.82) is 0 Å². The Kier molecular flexibility index (Phi) is 6.28. The second kappa shape index (κ2) is 8.74. The molecule has 2 aromatic heterocycles. The number of aromatic carboxylic acids is 1. The second-order valence-electron chi connectivity index (χ2n) is 9.41. The van der Waals surface area contributed by atoms with Crippen LogP contribution in [-0.4, -0.2) is 29.0 Å². The molecule has 0 aliphatic heterocycles. The first kappa shape index (κ1) is 25.9. The number of halogens is 3. The van der Waals surface area contributed by atoms with Crippen LogP contribution in [0.5, 0.6) is 0 Å². The van der Waals surface area contributed by atoms with Crippen molar-refractivity contribution in [3.63, 3.8) is 0 Å². The van der Waals surface area contributed by atoms with Gasteiger partial charge in [0.1, 0.15) is 0 Å². The Balaban J connectivity index is 1.96. The first-order valence-corrected chi connectivity index (χ1v) is 13.2. The van der Waals surface area contributed by atoms with E-state index in [1.165, 1.54) is 36.6 Å². The monoisotopic (exact) mass is 536 g/mol. The Labute approximate surface area is 210 Å². The number of rotatable bonds is 5. The van der Waals surface area contributed by atoms with E-state index >= 15 is 0 Å². The lowest BCUT2D eigenvalue weighted by molar-refractivity contribution is -0.202. The molecule has 4 aromatic rings. The summed E-state index contributed by atoms with van der Waals surface area (Å²) in [6.07, 6.45) is -5.15. The highest BCUT2D eigenvalue weighted by Gasteiger charge is 2.38. The number of thiazole rings is 1. The highest BCUT2D eigenvalue weighted by molar-refractivity contribution is 7.91. The van der Waals surface area contributed by atoms with Crippen LogP contribution in [0.3, 0.4) is 0 Å². The maximum Gasteiger partial charge on any atom is 0.489 e. The molecule has 0 radical (unpaired) electrons. The number of carboxylic acids is 1. The van der Waals surface area contributed by atoms with E-state index in [0.29, 0.717) is 0 Å². The molecular formula is C25H23F3N2O4S2. The third-order valence-electron chi connectivity index (χ3n) is 5.97. The van der Waals surface area contributed by atoms with E-state index in [9.17, 15) is 26.4 Å². The standard InChI is InChI=1S/C25H23F3N2O4S2/c1-14-19(12-21-29-17(13-35-21)23(31)32)30(25(26,27)28)18-9-6-10-20(22(14)18)36(33,34)16-8-5-7-15(11-16)24(2,3)4/h5-11,13H,12H2,1-4H3,(H,31,32). The average molecular weight is 537 g/mol. The summed E-state index contributed by atoms with van der Waals surface area (Å²) in [5, 5.41) is 10.5. The van der Waals surface area contributed by atoms with Crippen LogP contribution in [0.15, 0.2) is 57.6 Å². The molecule has 2 aromatic carbocycles. The molecular weight excluding hydrogens is 513 g/mol. The minimum atomic E-state index is -4.84. The Morgan fingerprint density at radius 1 is 1.11 bits per heavy atom. The van der Waals surface area contributed by atoms with Crippen LogP contribution in [0.25, 0.3) is 10.9 Å². The molecule has 0 atom stereocenters. The number of alkyl halides is 3. The summed E-state index contributed by atoms with van der Waals surface area (Å²) in [5.74, 6) is -1.28. The maximum atomic E-state index is 14.3. The summed E-state index contributed by atoms with van der Waals surface area (Å²) in [4.78, 5) is 14.9. The topological polar surface area (TPSA) is 89.3 Å². The number of fused-ring (bicyclic) bond motifs is 1. The molecule has 0 aliphatic rings. The average Bonchev–Trinajstić information content (AvgIpc) is 3.36. The predicted octanol–water partition coefficient (Wildman–Crippen LogP) is 6.30. The minimum absolute atomic E-state index is 0.00541. The maximum absolute atomic E-state index is 14.3. The van der Waals surface area contributed by atoms with E-state index in [1.54, 1.807) is 12.1 Å². The normalized spacial score (nSPS) is 12.9. The van der Waals surface area contributed by atoms with Crippen molar-refractivity contribution in [3.8, 4) is 0 Å². The summed E-state index contributed by atoms with van der Waals surface area (Å²) in [7, 11) is -4.17. The van der Waals surface area contributed by atoms with Gasteiger partial charge in [-0.2, -0.15) is 0 Å². The lowest BCUT2D eigenvalue weighted by Crippen LogP contribution is -2.19. The van der Waals surface area contributed by atoms with E-state index in [1.807, 2.05) is 26.8 Å². The highest BCUT2D eigenvalue weighted by atomic mass is 32.2. The van der Waals surface area contributed by atoms with E-state index in [0.717, 1.165) is 16.9 Å². The zero-order valence-electron chi connectivity index (χ0n) is 19.8. The van der Waals surface area contributed by atoms with Crippen LogP contribution in [-0.2, 0) is 28.0 Å². The van der Waals surface area contributed by atoms with E-state index in [-0.39, 0.29) is 59.1 Å². The first-order chi connectivity index (χ1) is 16.6. The van der Waals surface area contributed by atoms with Crippen molar-refractivity contribution < 1.29 is 31.5 Å². The van der Waals surface area contributed by atoms with Crippen LogP contribution in [0.2, 0.25) is 0 Å². The molecule has 4 rings (SSSR count). The van der Waals surface area contributed by atoms with Gasteiger partial charge in [0.25, 0.3) is 0 Å². The Hall–Kier alpha value is -3.18. The van der Waals surface area contributed by atoms with Gasteiger partial charge >= 0.3 is 12.3 Å². The van der Waals surface area contributed by atoms with Gasteiger partial charge in [-0.05, 0) is 47.7 Å². The molecule has 6 nitrogen and oxygen atoms in total. The summed E-state index contributed by atoms with van der Waals surface area (Å²) in [5.41, 5.74) is -0.167. The van der Waals surface area contributed by atoms with Gasteiger partial charge in [0.2, 0.25) is 9.84 Å². The van der Waals surface area contributed by atoms with Crippen LogP contribution in [0.4, 0.5) is 13.2 Å². The minimum Gasteiger partial charge on any atom is -0.476 e. The summed E-state index contributed by atoms with van der Waals surface area (Å²) in [6.45, 7) is 7.26. The number of aromatic nitrogens is 2. The first-order valence-electron chi connectivity index (χ1n) is 10.9. The third kappa shape index (κ3) is 4.53. The van der Waals surface area contributed by atoms with E-state index < -0.39 is 22.1 Å². The fourth-order valence-corrected chi connectivity index (χ4v) is 6.51. The molecule has 0 spiro atoms. The SMILES string of the molecule is Cc1c(Cc2nc(C(=O)O)cs2)n(C(F)(F)F)c2cccc(S(=O)(=O)c3cccc(C(C)(C)C)c3)c12. The largest absolute Gasteiger partial charge is 0.489 e. The molecule has 1 N–H and O–H groups in total. The fourth-order valence-electron chi connectivity index (χ4n) is 4.16. The number of hydrogen-bond acceptors (Lipinski definition) is 5. The molecule has 0 bridgehead atoms. The van der Waals surface area contributed by atoms with Gasteiger partial charge in [0.05, 0.1) is 20.3 Å². The summed E-state index contributed by atoms with van der Waals surface area (Å²) < 4.78 is 70.4. The van der Waals surface area contributed by atoms with Crippen molar-refractivity contribution in [2.75, 3.05) is 0 Å². The summed E-state index contributed by atoms with van der Waals surface area (Å²) in [6, 6.07) is 10.2. The molecule has 2 heterocycles. The van der Waals surface area contributed by atoms with E-state index in [2.05, 4.69) is 4.98 Å². The third-order valence-corrected chi connectivity index (χ3v) is 8.61. The Morgan fingerprint density at radius 2 is 1.78 bits per heavy atom. The predicted molar refractivity (Wildman–Crippen MR) is 130 cm³/mol. The van der Waals surface area contributed by atoms with Gasteiger partial charge in [-0.25, -0.2) is 18.2 Å². The molecule has 0 amide bonds. The van der Waals surface area contributed by atoms with Gasteiger partial charge in [-0.1, -0.05) is 39.0 Å². The molecule has 0 saturated carbocycles. The highest BCUT2D eigenvalue weighted by Crippen LogP contribution is 2.40. The molecule has 190 valence electrons. The van der Waals surface area contributed by atoms with Crippen LogP contribution in [0, 0.1) is 6.92 Å². The quantitative estimate of drug-likeness (QED) is 0.323. The van der Waals surface area contributed by atoms with Crippen molar-refractivity contribution in [3.05, 3.63) is 75.4 Å². The molecule has 36 heavy (non-hydrogen) atoms. The van der Waals surface area contributed by atoms with Crippen LogP contribution >= 0.6 is 11.3 Å². The number of aryl methyl sites for hydroxylation is 1. The van der Waals surface area contributed by atoms with Crippen molar-refractivity contribution >= 4 is 38.0 Å². The summed E-state index contributed by atoms with van der Waals surface area (Å²) >= 11 is 0.930. The van der Waals surface area contributed by atoms with Crippen LogP contribution < -0.4 is 0 Å². The lowest BCUT2D eigenvalue weighted by atomic mass is 9.87. The van der Waals surface area contributed by atoms with Crippen LogP contribution in [0.1, 0.15) is 53.1 Å². The number of nitrogens with zero attached hydrogens (tertiary/aromatic N) is 2. The van der Waals surface area contributed by atoms with Gasteiger partial charge in [-0.15, -0.1) is 24.5 Å².